The Morgan fingerprint density at radius 2 is 1.90 bits per heavy atom. The van der Waals surface area contributed by atoms with E-state index >= 15 is 0 Å². The fourth-order valence-corrected chi connectivity index (χ4v) is 0.812. The molecule has 64 valence electrons. The zero-order valence-electron chi connectivity index (χ0n) is 6.85. The van der Waals surface area contributed by atoms with E-state index in [9.17, 15) is 0 Å². The predicted molar refractivity (Wildman–Crippen MR) is 46.1 cm³/mol. The summed E-state index contributed by atoms with van der Waals surface area (Å²) in [7, 11) is 1.77. The zero-order chi connectivity index (χ0) is 6.04. The van der Waals surface area contributed by atoms with E-state index in [0.717, 1.165) is 6.61 Å². The molecule has 0 aromatic carbocycles. The van der Waals surface area contributed by atoms with E-state index in [4.69, 9.17) is 4.74 Å². The van der Waals surface area contributed by atoms with Gasteiger partial charge in [0, 0.05) is 13.7 Å². The molecule has 0 aromatic heterocycles. The first-order chi connectivity index (χ1) is 3.77. The Labute approximate surface area is 69.3 Å². The molecule has 1 fully saturated rings. The first-order valence-corrected chi connectivity index (χ1v) is 3.26. The van der Waals surface area contributed by atoms with Crippen LogP contribution in [-0.2, 0) is 4.74 Å². The topological polar surface area (TPSA) is 44.2 Å². The van der Waals surface area contributed by atoms with Crippen LogP contribution < -0.4 is 6.15 Å². The molecule has 0 spiro atoms. The van der Waals surface area contributed by atoms with Crippen molar-refractivity contribution in [2.45, 2.75) is 26.2 Å². The molecule has 1 aliphatic rings. The van der Waals surface area contributed by atoms with Gasteiger partial charge in [-0.05, 0) is 24.7 Å². The van der Waals surface area contributed by atoms with Gasteiger partial charge in [0.25, 0.3) is 0 Å². The third-order valence-electron chi connectivity index (χ3n) is 2.01. The standard InChI is InChI=1S/C7H14O.ClH.H3N/c1-7(3-4-7)5-6-8-2;;/h3-6H2,1-2H3;1H;1H3. The number of rotatable bonds is 3. The summed E-state index contributed by atoms with van der Waals surface area (Å²) in [5.41, 5.74) is 0.677. The van der Waals surface area contributed by atoms with Crippen LogP contribution in [0, 0.1) is 5.41 Å². The van der Waals surface area contributed by atoms with Gasteiger partial charge < -0.3 is 10.9 Å². The highest BCUT2D eigenvalue weighted by Crippen LogP contribution is 2.47. The molecule has 0 unspecified atom stereocenters. The van der Waals surface area contributed by atoms with Crippen molar-refractivity contribution < 1.29 is 4.74 Å². The monoisotopic (exact) mass is 167 g/mol. The Bertz CT molecular complexity index is 83.7. The van der Waals surface area contributed by atoms with Gasteiger partial charge in [0.2, 0.25) is 0 Å². The van der Waals surface area contributed by atoms with Crippen molar-refractivity contribution in [3.63, 3.8) is 0 Å². The molecule has 0 bridgehead atoms. The molecule has 1 rings (SSSR count). The third-order valence-corrected chi connectivity index (χ3v) is 2.01. The second kappa shape index (κ2) is 4.94. The van der Waals surface area contributed by atoms with Crippen LogP contribution in [0.3, 0.4) is 0 Å². The number of hydrogen-bond donors (Lipinski definition) is 1. The normalized spacial score (nSPS) is 18.6. The molecule has 1 aliphatic carbocycles. The van der Waals surface area contributed by atoms with E-state index in [0.29, 0.717) is 5.41 Å². The summed E-state index contributed by atoms with van der Waals surface area (Å²) >= 11 is 0. The molecule has 2 nitrogen and oxygen atoms in total. The van der Waals surface area contributed by atoms with Crippen molar-refractivity contribution >= 4 is 12.4 Å². The summed E-state index contributed by atoms with van der Waals surface area (Å²) in [5, 5.41) is 0. The Morgan fingerprint density at radius 1 is 1.40 bits per heavy atom. The molecule has 0 saturated heterocycles. The van der Waals surface area contributed by atoms with Crippen LogP contribution in [0.4, 0.5) is 0 Å². The molecule has 0 radical (unpaired) electrons. The lowest BCUT2D eigenvalue weighted by Crippen LogP contribution is -1.98. The molecule has 1 saturated carbocycles. The van der Waals surface area contributed by atoms with Crippen LogP contribution in [0.15, 0.2) is 0 Å². The fourth-order valence-electron chi connectivity index (χ4n) is 0.812. The maximum absolute atomic E-state index is 4.96. The number of ether oxygens (including phenoxy) is 1. The largest absolute Gasteiger partial charge is 0.385 e. The van der Waals surface area contributed by atoms with Crippen molar-refractivity contribution in [2.24, 2.45) is 5.41 Å². The summed E-state index contributed by atoms with van der Waals surface area (Å²) in [6.07, 6.45) is 4.08. The summed E-state index contributed by atoms with van der Waals surface area (Å²) < 4.78 is 4.96. The lowest BCUT2D eigenvalue weighted by atomic mass is 10.1. The molecule has 0 aromatic rings. The van der Waals surface area contributed by atoms with E-state index in [-0.39, 0.29) is 18.6 Å². The Morgan fingerprint density at radius 3 is 2.20 bits per heavy atom. The third kappa shape index (κ3) is 4.09. The highest BCUT2D eigenvalue weighted by Gasteiger charge is 2.36. The molecule has 0 amide bonds. The van der Waals surface area contributed by atoms with Gasteiger partial charge in [0.15, 0.2) is 0 Å². The van der Waals surface area contributed by atoms with Crippen LogP contribution in [0.1, 0.15) is 26.2 Å². The summed E-state index contributed by atoms with van der Waals surface area (Å²) in [5.74, 6) is 0. The van der Waals surface area contributed by atoms with Crippen LogP contribution in [0.25, 0.3) is 0 Å². The molecule has 0 atom stereocenters. The second-order valence-corrected chi connectivity index (χ2v) is 3.05. The quantitative estimate of drug-likeness (QED) is 0.702. The molecule has 0 aliphatic heterocycles. The van der Waals surface area contributed by atoms with Crippen molar-refractivity contribution in [3.8, 4) is 0 Å². The molecule has 3 heteroatoms. The van der Waals surface area contributed by atoms with Gasteiger partial charge in [-0.1, -0.05) is 6.92 Å². The van der Waals surface area contributed by atoms with Crippen LogP contribution in [-0.4, -0.2) is 13.7 Å². The van der Waals surface area contributed by atoms with E-state index in [1.54, 1.807) is 7.11 Å². The smallest absolute Gasteiger partial charge is 0.0467 e. The van der Waals surface area contributed by atoms with Crippen LogP contribution >= 0.6 is 12.4 Å². The van der Waals surface area contributed by atoms with E-state index in [2.05, 4.69) is 6.92 Å². The lowest BCUT2D eigenvalue weighted by Gasteiger charge is -2.04. The number of hydrogen-bond acceptors (Lipinski definition) is 2. The maximum atomic E-state index is 4.96. The molecule has 10 heavy (non-hydrogen) atoms. The van der Waals surface area contributed by atoms with Crippen molar-refractivity contribution in [1.29, 1.82) is 0 Å². The number of halogens is 1. The molecule has 0 heterocycles. The highest BCUT2D eigenvalue weighted by atomic mass is 35.5. The predicted octanol–water partition coefficient (Wildman–Crippen LogP) is 2.41. The minimum atomic E-state index is 0. The van der Waals surface area contributed by atoms with Crippen molar-refractivity contribution in [3.05, 3.63) is 0 Å². The van der Waals surface area contributed by atoms with E-state index < -0.39 is 0 Å². The highest BCUT2D eigenvalue weighted by molar-refractivity contribution is 5.85. The van der Waals surface area contributed by atoms with E-state index in [1.165, 1.54) is 19.3 Å². The van der Waals surface area contributed by atoms with Gasteiger partial charge in [-0.2, -0.15) is 0 Å². The fraction of sp³-hybridized carbons (Fsp3) is 1.00. The summed E-state index contributed by atoms with van der Waals surface area (Å²) in [4.78, 5) is 0. The minimum absolute atomic E-state index is 0. The van der Waals surface area contributed by atoms with Gasteiger partial charge in [-0.3, -0.25) is 0 Å². The average molecular weight is 168 g/mol. The van der Waals surface area contributed by atoms with Crippen molar-refractivity contribution in [2.75, 3.05) is 13.7 Å². The number of methoxy groups -OCH3 is 1. The first kappa shape index (κ1) is 12.8. The van der Waals surface area contributed by atoms with Crippen LogP contribution in [0.5, 0.6) is 0 Å². The van der Waals surface area contributed by atoms with E-state index in [1.807, 2.05) is 0 Å². The van der Waals surface area contributed by atoms with Gasteiger partial charge in [0.05, 0.1) is 0 Å². The Hall–Kier alpha value is 0.210. The van der Waals surface area contributed by atoms with Crippen LogP contribution in [0.2, 0.25) is 0 Å². The van der Waals surface area contributed by atoms with Gasteiger partial charge in [-0.15, -0.1) is 12.4 Å². The minimum Gasteiger partial charge on any atom is -0.385 e. The van der Waals surface area contributed by atoms with Gasteiger partial charge in [-0.25, -0.2) is 0 Å². The summed E-state index contributed by atoms with van der Waals surface area (Å²) in [6.45, 7) is 3.27. The van der Waals surface area contributed by atoms with Crippen molar-refractivity contribution in [1.82, 2.24) is 6.15 Å². The van der Waals surface area contributed by atoms with Gasteiger partial charge >= 0.3 is 0 Å². The summed E-state index contributed by atoms with van der Waals surface area (Å²) in [6, 6.07) is 0. The molecular formula is C7H18ClNO. The molecular weight excluding hydrogens is 150 g/mol. The zero-order valence-corrected chi connectivity index (χ0v) is 7.67. The lowest BCUT2D eigenvalue weighted by molar-refractivity contribution is 0.176. The van der Waals surface area contributed by atoms with Gasteiger partial charge in [0.1, 0.15) is 0 Å². The Balaban J connectivity index is 0. The SMILES string of the molecule is COCCC1(C)CC1.Cl.N. The molecule has 3 N–H and O–H groups in total. The second-order valence-electron chi connectivity index (χ2n) is 3.05. The Kier molecular flexibility index (Phi) is 6.35. The first-order valence-electron chi connectivity index (χ1n) is 3.26. The average Bonchev–Trinajstić information content (AvgIpc) is 2.45. The maximum Gasteiger partial charge on any atom is 0.0467 e.